The van der Waals surface area contributed by atoms with E-state index in [1.54, 1.807) is 30.3 Å². The highest BCUT2D eigenvalue weighted by Crippen LogP contribution is 2.28. The Morgan fingerprint density at radius 1 is 1.43 bits per heavy atom. The number of benzene rings is 1. The van der Waals surface area contributed by atoms with E-state index in [4.69, 9.17) is 4.74 Å². The fraction of sp³-hybridized carbons (Fsp3) is 0.421. The number of nitrogens with one attached hydrogen (secondary N) is 1. The zero-order valence-electron chi connectivity index (χ0n) is 15.8. The standard InChI is InChI=1S/C19H22FN5O3/c1-3-4-7-24-9-8-23(13-22-24)18-6-5-15(10-17(18)20)25-12-16(28-19(25)27)11-21-14(2)26/h5-6,10,13,16H,7-9,11-12H2,1-2H3,(H,21,26)/t16-/m0/s1. The highest BCUT2D eigenvalue weighted by molar-refractivity contribution is 5.90. The summed E-state index contributed by atoms with van der Waals surface area (Å²) in [6.07, 6.45) is 0.548. The summed E-state index contributed by atoms with van der Waals surface area (Å²) in [5.74, 6) is 5.11. The lowest BCUT2D eigenvalue weighted by molar-refractivity contribution is -0.119. The molecular weight excluding hydrogens is 365 g/mol. The quantitative estimate of drug-likeness (QED) is 0.773. The molecule has 0 aromatic heterocycles. The van der Waals surface area contributed by atoms with Gasteiger partial charge in [0.1, 0.15) is 18.3 Å². The summed E-state index contributed by atoms with van der Waals surface area (Å²) in [4.78, 5) is 26.1. The molecule has 1 aromatic carbocycles. The molecule has 0 saturated carbocycles. The minimum atomic E-state index is -0.560. The summed E-state index contributed by atoms with van der Waals surface area (Å²) < 4.78 is 19.9. The number of rotatable bonds is 5. The van der Waals surface area contributed by atoms with E-state index in [1.807, 2.05) is 5.01 Å². The first-order valence-electron chi connectivity index (χ1n) is 8.95. The first-order chi connectivity index (χ1) is 13.5. The lowest BCUT2D eigenvalue weighted by Gasteiger charge is -2.29. The van der Waals surface area contributed by atoms with E-state index in [-0.39, 0.29) is 19.0 Å². The molecule has 2 aliphatic heterocycles. The highest BCUT2D eigenvalue weighted by atomic mass is 19.1. The van der Waals surface area contributed by atoms with Gasteiger partial charge in [0, 0.05) is 13.5 Å². The number of hydrazone groups is 1. The van der Waals surface area contributed by atoms with Crippen LogP contribution in [-0.4, -0.2) is 62.2 Å². The van der Waals surface area contributed by atoms with Crippen LogP contribution in [0.5, 0.6) is 0 Å². The van der Waals surface area contributed by atoms with E-state index in [9.17, 15) is 14.0 Å². The average molecular weight is 387 g/mol. The summed E-state index contributed by atoms with van der Waals surface area (Å²) in [6, 6.07) is 4.59. The van der Waals surface area contributed by atoms with E-state index >= 15 is 0 Å². The smallest absolute Gasteiger partial charge is 0.414 e. The van der Waals surface area contributed by atoms with Crippen molar-refractivity contribution in [2.24, 2.45) is 5.10 Å². The van der Waals surface area contributed by atoms with Crippen LogP contribution in [0.1, 0.15) is 13.8 Å². The van der Waals surface area contributed by atoms with Crippen LogP contribution in [0.4, 0.5) is 20.6 Å². The normalized spacial score (nSPS) is 18.6. The lowest BCUT2D eigenvalue weighted by atomic mass is 10.2. The summed E-state index contributed by atoms with van der Waals surface area (Å²) >= 11 is 0. The number of carbonyl (C=O) groups is 2. The molecule has 0 bridgehead atoms. The highest BCUT2D eigenvalue weighted by Gasteiger charge is 2.33. The zero-order valence-corrected chi connectivity index (χ0v) is 15.8. The van der Waals surface area contributed by atoms with Crippen LogP contribution in [0.15, 0.2) is 23.3 Å². The molecular formula is C19H22FN5O3. The van der Waals surface area contributed by atoms with Gasteiger partial charge in [-0.05, 0) is 25.1 Å². The van der Waals surface area contributed by atoms with Crippen LogP contribution >= 0.6 is 0 Å². The second-order valence-corrected chi connectivity index (χ2v) is 6.43. The van der Waals surface area contributed by atoms with Crippen molar-refractivity contribution < 1.29 is 18.7 Å². The van der Waals surface area contributed by atoms with Crippen LogP contribution < -0.4 is 15.1 Å². The van der Waals surface area contributed by atoms with Crippen molar-refractivity contribution in [3.05, 3.63) is 24.0 Å². The molecule has 0 radical (unpaired) electrons. The third-order valence-corrected chi connectivity index (χ3v) is 4.40. The van der Waals surface area contributed by atoms with Crippen molar-refractivity contribution in [2.45, 2.75) is 20.0 Å². The van der Waals surface area contributed by atoms with Gasteiger partial charge in [-0.25, -0.2) is 9.18 Å². The number of hydrogen-bond acceptors (Lipinski definition) is 6. The largest absolute Gasteiger partial charge is 0.442 e. The third-order valence-electron chi connectivity index (χ3n) is 4.40. The zero-order chi connectivity index (χ0) is 20.1. The van der Waals surface area contributed by atoms with Crippen molar-refractivity contribution in [1.29, 1.82) is 0 Å². The molecule has 1 fully saturated rings. The van der Waals surface area contributed by atoms with Crippen LogP contribution in [0.3, 0.4) is 0 Å². The molecule has 28 heavy (non-hydrogen) atoms. The molecule has 8 nitrogen and oxygen atoms in total. The number of amides is 2. The van der Waals surface area contributed by atoms with Gasteiger partial charge >= 0.3 is 6.09 Å². The van der Waals surface area contributed by atoms with Gasteiger partial charge in [0.15, 0.2) is 0 Å². The molecule has 9 heteroatoms. The minimum absolute atomic E-state index is 0.201. The van der Waals surface area contributed by atoms with Gasteiger partial charge in [-0.3, -0.25) is 14.7 Å². The SMILES string of the molecule is CC#CCN1CCN(c2ccc(N3C[C@H](CNC(C)=O)OC3=O)cc2F)C=N1. The number of cyclic esters (lactones) is 1. The molecule has 3 rings (SSSR count). The number of nitrogens with zero attached hydrogens (tertiary/aromatic N) is 4. The van der Waals surface area contributed by atoms with Crippen molar-refractivity contribution in [1.82, 2.24) is 10.3 Å². The van der Waals surface area contributed by atoms with Gasteiger partial charge in [0.25, 0.3) is 0 Å². The van der Waals surface area contributed by atoms with Crippen LogP contribution in [-0.2, 0) is 9.53 Å². The Bertz CT molecular complexity index is 848. The predicted molar refractivity (Wildman–Crippen MR) is 104 cm³/mol. The summed E-state index contributed by atoms with van der Waals surface area (Å²) in [5, 5.41) is 8.69. The number of halogens is 1. The summed E-state index contributed by atoms with van der Waals surface area (Å²) in [5.41, 5.74) is 0.793. The Morgan fingerprint density at radius 3 is 2.89 bits per heavy atom. The monoisotopic (exact) mass is 387 g/mol. The predicted octanol–water partition coefficient (Wildman–Crippen LogP) is 1.38. The van der Waals surface area contributed by atoms with Gasteiger partial charge in [0.05, 0.1) is 37.6 Å². The third kappa shape index (κ3) is 4.52. The second kappa shape index (κ2) is 8.61. The van der Waals surface area contributed by atoms with E-state index in [0.29, 0.717) is 31.0 Å². The molecule has 1 aromatic rings. The van der Waals surface area contributed by atoms with Crippen molar-refractivity contribution in [3.63, 3.8) is 0 Å². The van der Waals surface area contributed by atoms with E-state index in [2.05, 4.69) is 22.3 Å². The molecule has 0 unspecified atom stereocenters. The molecule has 0 aliphatic carbocycles. The molecule has 1 saturated heterocycles. The number of anilines is 2. The number of ether oxygens (including phenoxy) is 1. The van der Waals surface area contributed by atoms with E-state index in [0.717, 1.165) is 0 Å². The molecule has 2 amide bonds. The summed E-state index contributed by atoms with van der Waals surface area (Å²) in [7, 11) is 0. The average Bonchev–Trinajstić information content (AvgIpc) is 3.06. The van der Waals surface area contributed by atoms with Crippen molar-refractivity contribution in [2.75, 3.05) is 42.5 Å². The fourth-order valence-corrected chi connectivity index (χ4v) is 2.94. The molecule has 2 heterocycles. The van der Waals surface area contributed by atoms with Gasteiger partial charge in [0.2, 0.25) is 5.91 Å². The molecule has 1 atom stereocenters. The summed E-state index contributed by atoms with van der Waals surface area (Å²) in [6.45, 7) is 5.39. The maximum atomic E-state index is 14.7. The molecule has 0 spiro atoms. The lowest BCUT2D eigenvalue weighted by Crippen LogP contribution is -2.38. The Hall–Kier alpha value is -3.28. The van der Waals surface area contributed by atoms with Crippen LogP contribution in [0, 0.1) is 17.7 Å². The fourth-order valence-electron chi connectivity index (χ4n) is 2.94. The van der Waals surface area contributed by atoms with E-state index < -0.39 is 18.0 Å². The van der Waals surface area contributed by atoms with Gasteiger partial charge < -0.3 is 15.0 Å². The van der Waals surface area contributed by atoms with Crippen LogP contribution in [0.2, 0.25) is 0 Å². The Balaban J connectivity index is 1.67. The topological polar surface area (TPSA) is 77.5 Å². The van der Waals surface area contributed by atoms with Gasteiger partial charge in [-0.15, -0.1) is 5.92 Å². The van der Waals surface area contributed by atoms with Crippen molar-refractivity contribution in [3.8, 4) is 11.8 Å². The first kappa shape index (κ1) is 19.5. The van der Waals surface area contributed by atoms with E-state index in [1.165, 1.54) is 17.9 Å². The number of hydrogen-bond donors (Lipinski definition) is 1. The van der Waals surface area contributed by atoms with Gasteiger partial charge in [-0.1, -0.05) is 5.92 Å². The molecule has 148 valence electrons. The minimum Gasteiger partial charge on any atom is -0.442 e. The Morgan fingerprint density at radius 2 is 2.25 bits per heavy atom. The van der Waals surface area contributed by atoms with Gasteiger partial charge in [-0.2, -0.15) is 5.10 Å². The maximum absolute atomic E-state index is 14.7. The second-order valence-electron chi connectivity index (χ2n) is 6.43. The van der Waals surface area contributed by atoms with Crippen LogP contribution in [0.25, 0.3) is 0 Å². The first-order valence-corrected chi connectivity index (χ1v) is 8.95. The van der Waals surface area contributed by atoms with Crippen molar-refractivity contribution >= 4 is 29.7 Å². The Labute approximate surface area is 162 Å². The maximum Gasteiger partial charge on any atom is 0.414 e. The molecule has 1 N–H and O–H groups in total. The Kier molecular flexibility index (Phi) is 5.99. The molecule has 2 aliphatic rings. The number of carbonyl (C=O) groups excluding carboxylic acids is 2.